The van der Waals surface area contributed by atoms with Gasteiger partial charge in [-0.3, -0.25) is 10.2 Å². The van der Waals surface area contributed by atoms with Crippen molar-refractivity contribution < 1.29 is 19.4 Å². The molecular formula is C21H25N3O4. The second kappa shape index (κ2) is 8.86. The average Bonchev–Trinajstić information content (AvgIpc) is 3.07. The monoisotopic (exact) mass is 383 g/mol. The molecule has 0 bridgehead atoms. The van der Waals surface area contributed by atoms with Crippen LogP contribution in [0.25, 0.3) is 0 Å². The Morgan fingerprint density at radius 3 is 2.39 bits per heavy atom. The lowest BCUT2D eigenvalue weighted by Crippen LogP contribution is -2.36. The molecule has 7 heteroatoms. The molecule has 3 unspecified atom stereocenters. The number of nitrogens with one attached hydrogen (secondary N) is 3. The fourth-order valence-electron chi connectivity index (χ4n) is 3.53. The zero-order chi connectivity index (χ0) is 20.1. The van der Waals surface area contributed by atoms with Crippen molar-refractivity contribution in [1.82, 2.24) is 16.2 Å². The molecule has 1 heterocycles. The average molecular weight is 383 g/mol. The van der Waals surface area contributed by atoms with Crippen LogP contribution in [0.3, 0.4) is 0 Å². The van der Waals surface area contributed by atoms with E-state index in [1.807, 2.05) is 31.2 Å². The number of ether oxygens (including phenoxy) is 1. The van der Waals surface area contributed by atoms with Crippen LogP contribution in [-0.2, 0) is 9.59 Å². The van der Waals surface area contributed by atoms with Crippen LogP contribution < -0.4 is 20.9 Å². The fraction of sp³-hybridized carbons (Fsp3) is 0.333. The second-order valence-electron chi connectivity index (χ2n) is 6.95. The van der Waals surface area contributed by atoms with Gasteiger partial charge in [0.2, 0.25) is 5.91 Å². The summed E-state index contributed by atoms with van der Waals surface area (Å²) in [6.45, 7) is 2.00. The first-order valence-corrected chi connectivity index (χ1v) is 9.21. The number of carboxylic acids is 1. The summed E-state index contributed by atoms with van der Waals surface area (Å²) in [4.78, 5) is 24.3. The molecule has 0 radical (unpaired) electrons. The number of carbonyl (C=O) groups is 2. The van der Waals surface area contributed by atoms with Gasteiger partial charge in [-0.2, -0.15) is 0 Å². The molecule has 2 aromatic rings. The van der Waals surface area contributed by atoms with Gasteiger partial charge in [-0.05, 0) is 30.2 Å². The highest BCUT2D eigenvalue weighted by molar-refractivity contribution is 5.84. The second-order valence-corrected chi connectivity index (χ2v) is 6.95. The maximum absolute atomic E-state index is 12.7. The third kappa shape index (κ3) is 4.49. The minimum absolute atomic E-state index is 0.0291. The number of benzene rings is 2. The van der Waals surface area contributed by atoms with E-state index in [0.717, 1.165) is 11.3 Å². The van der Waals surface area contributed by atoms with E-state index in [9.17, 15) is 14.7 Å². The predicted molar refractivity (Wildman–Crippen MR) is 105 cm³/mol. The van der Waals surface area contributed by atoms with E-state index in [2.05, 4.69) is 16.2 Å². The van der Waals surface area contributed by atoms with Crippen molar-refractivity contribution in [2.45, 2.75) is 31.5 Å². The molecule has 1 aliphatic heterocycles. The lowest BCUT2D eigenvalue weighted by atomic mass is 9.87. The Labute approximate surface area is 164 Å². The number of rotatable bonds is 7. The van der Waals surface area contributed by atoms with Crippen molar-refractivity contribution in [3.8, 4) is 5.75 Å². The fourth-order valence-corrected chi connectivity index (χ4v) is 3.53. The zero-order valence-corrected chi connectivity index (χ0v) is 15.9. The SMILES string of the molecule is COc1ccc(C2NNC(C)C2CC(=O)N[C@@H](C(=O)O)c2ccccc2)cc1. The predicted octanol–water partition coefficient (Wildman–Crippen LogP) is 2.18. The summed E-state index contributed by atoms with van der Waals surface area (Å²) in [6, 6.07) is 15.3. The molecule has 28 heavy (non-hydrogen) atoms. The van der Waals surface area contributed by atoms with Crippen LogP contribution in [0.5, 0.6) is 5.75 Å². The molecule has 1 fully saturated rings. The summed E-state index contributed by atoms with van der Waals surface area (Å²) < 4.78 is 5.20. The summed E-state index contributed by atoms with van der Waals surface area (Å²) >= 11 is 0. The third-order valence-corrected chi connectivity index (χ3v) is 5.12. The molecule has 4 N–H and O–H groups in total. The topological polar surface area (TPSA) is 99.7 Å². The molecule has 1 amide bonds. The molecule has 1 aliphatic rings. The quantitative estimate of drug-likeness (QED) is 0.585. The van der Waals surface area contributed by atoms with Crippen LogP contribution >= 0.6 is 0 Å². The Kier molecular flexibility index (Phi) is 6.28. The van der Waals surface area contributed by atoms with E-state index in [4.69, 9.17) is 4.74 Å². The van der Waals surface area contributed by atoms with Gasteiger partial charge in [0.15, 0.2) is 6.04 Å². The van der Waals surface area contributed by atoms with Crippen LogP contribution in [0.2, 0.25) is 0 Å². The molecule has 1 saturated heterocycles. The summed E-state index contributed by atoms with van der Waals surface area (Å²) in [5, 5.41) is 12.2. The molecule has 148 valence electrons. The summed E-state index contributed by atoms with van der Waals surface area (Å²) in [7, 11) is 1.62. The number of methoxy groups -OCH3 is 1. The third-order valence-electron chi connectivity index (χ3n) is 5.12. The van der Waals surface area contributed by atoms with Gasteiger partial charge >= 0.3 is 5.97 Å². The van der Waals surface area contributed by atoms with E-state index in [0.29, 0.717) is 5.56 Å². The minimum atomic E-state index is -1.08. The van der Waals surface area contributed by atoms with Gasteiger partial charge in [0, 0.05) is 18.4 Å². The molecule has 0 spiro atoms. The van der Waals surface area contributed by atoms with E-state index in [-0.39, 0.29) is 30.3 Å². The highest BCUT2D eigenvalue weighted by atomic mass is 16.5. The van der Waals surface area contributed by atoms with E-state index >= 15 is 0 Å². The normalized spacial score (nSPS) is 22.4. The molecule has 2 aromatic carbocycles. The first-order valence-electron chi connectivity index (χ1n) is 9.21. The Bertz CT molecular complexity index is 810. The van der Waals surface area contributed by atoms with E-state index in [1.54, 1.807) is 37.4 Å². The van der Waals surface area contributed by atoms with Crippen LogP contribution in [-0.4, -0.2) is 30.1 Å². The Balaban J connectivity index is 1.70. The molecule has 4 atom stereocenters. The Morgan fingerprint density at radius 2 is 1.79 bits per heavy atom. The lowest BCUT2D eigenvalue weighted by Gasteiger charge is -2.22. The van der Waals surface area contributed by atoms with Gasteiger partial charge in [-0.15, -0.1) is 0 Å². The number of hydrogen-bond donors (Lipinski definition) is 4. The van der Waals surface area contributed by atoms with E-state index in [1.165, 1.54) is 0 Å². The highest BCUT2D eigenvalue weighted by Crippen LogP contribution is 2.32. The van der Waals surface area contributed by atoms with Crippen molar-refractivity contribution in [3.63, 3.8) is 0 Å². The van der Waals surface area contributed by atoms with Crippen molar-refractivity contribution in [3.05, 3.63) is 65.7 Å². The van der Waals surface area contributed by atoms with Gasteiger partial charge in [0.1, 0.15) is 5.75 Å². The first-order chi connectivity index (χ1) is 13.5. The van der Waals surface area contributed by atoms with Crippen LogP contribution in [0, 0.1) is 5.92 Å². The van der Waals surface area contributed by atoms with Gasteiger partial charge in [0.25, 0.3) is 0 Å². The van der Waals surface area contributed by atoms with Gasteiger partial charge < -0.3 is 15.2 Å². The number of carboxylic acid groups (broad SMARTS) is 1. The highest BCUT2D eigenvalue weighted by Gasteiger charge is 2.36. The van der Waals surface area contributed by atoms with Crippen molar-refractivity contribution in [2.75, 3.05) is 7.11 Å². The molecule has 0 aromatic heterocycles. The zero-order valence-electron chi connectivity index (χ0n) is 15.9. The van der Waals surface area contributed by atoms with Gasteiger partial charge in [-0.25, -0.2) is 10.2 Å². The molecule has 0 aliphatic carbocycles. The van der Waals surface area contributed by atoms with Crippen LogP contribution in [0.4, 0.5) is 0 Å². The Morgan fingerprint density at radius 1 is 1.11 bits per heavy atom. The number of aliphatic carboxylic acids is 1. The maximum Gasteiger partial charge on any atom is 0.330 e. The minimum Gasteiger partial charge on any atom is -0.497 e. The van der Waals surface area contributed by atoms with Gasteiger partial charge in [0.05, 0.1) is 13.2 Å². The maximum atomic E-state index is 12.7. The summed E-state index contributed by atoms with van der Waals surface area (Å²) in [5.41, 5.74) is 8.00. The summed E-state index contributed by atoms with van der Waals surface area (Å²) in [6.07, 6.45) is 0.203. The first kappa shape index (κ1) is 19.9. The summed E-state index contributed by atoms with van der Waals surface area (Å²) in [5.74, 6) is -0.637. The number of carbonyl (C=O) groups excluding carboxylic acids is 1. The molecule has 7 nitrogen and oxygen atoms in total. The largest absolute Gasteiger partial charge is 0.497 e. The smallest absolute Gasteiger partial charge is 0.330 e. The number of hydrazine groups is 1. The number of hydrogen-bond acceptors (Lipinski definition) is 5. The van der Waals surface area contributed by atoms with Crippen molar-refractivity contribution >= 4 is 11.9 Å². The lowest BCUT2D eigenvalue weighted by molar-refractivity contribution is -0.142. The molecular weight excluding hydrogens is 358 g/mol. The van der Waals surface area contributed by atoms with Crippen molar-refractivity contribution in [1.29, 1.82) is 0 Å². The number of amides is 1. The standard InChI is InChI=1S/C21H25N3O4/c1-13-17(19(24-23-13)15-8-10-16(28-2)11-9-15)12-18(25)22-20(21(26)27)14-6-4-3-5-7-14/h3-11,13,17,19-20,23-24H,12H2,1-2H3,(H,22,25)(H,26,27)/t13?,17?,19?,20-/m1/s1. The Hall–Kier alpha value is -2.90. The molecule has 3 rings (SSSR count). The van der Waals surface area contributed by atoms with Crippen LogP contribution in [0.1, 0.15) is 36.6 Å². The van der Waals surface area contributed by atoms with Gasteiger partial charge in [-0.1, -0.05) is 42.5 Å². The van der Waals surface area contributed by atoms with E-state index < -0.39 is 12.0 Å². The van der Waals surface area contributed by atoms with Crippen LogP contribution in [0.15, 0.2) is 54.6 Å². The molecule has 0 saturated carbocycles. The van der Waals surface area contributed by atoms with Crippen molar-refractivity contribution in [2.24, 2.45) is 5.92 Å².